The summed E-state index contributed by atoms with van der Waals surface area (Å²) >= 11 is 0. The number of hydrogen-bond donors (Lipinski definition) is 0. The summed E-state index contributed by atoms with van der Waals surface area (Å²) in [7, 11) is 2.07. The van der Waals surface area contributed by atoms with Gasteiger partial charge in [0.1, 0.15) is 0 Å². The molecule has 41 heavy (non-hydrogen) atoms. The summed E-state index contributed by atoms with van der Waals surface area (Å²) in [6.07, 6.45) is 4.27. The van der Waals surface area contributed by atoms with Crippen molar-refractivity contribution in [3.05, 3.63) is 65.3 Å². The van der Waals surface area contributed by atoms with Crippen molar-refractivity contribution < 1.29 is 18.8 Å². The van der Waals surface area contributed by atoms with E-state index in [9.17, 15) is 9.59 Å². The van der Waals surface area contributed by atoms with Gasteiger partial charge in [-0.1, -0.05) is 57.1 Å². The Kier molecular flexibility index (Phi) is 7.76. The number of piperidine rings is 1. The van der Waals surface area contributed by atoms with Gasteiger partial charge < -0.3 is 19.1 Å². The molecule has 2 aromatic heterocycles. The van der Waals surface area contributed by atoms with Crippen LogP contribution in [0.4, 0.5) is 0 Å². The Bertz CT molecular complexity index is 1410. The normalized spacial score (nSPS) is 22.2. The molecule has 2 saturated heterocycles. The Hall–Kier alpha value is -3.59. The van der Waals surface area contributed by atoms with E-state index >= 15 is 0 Å². The second-order valence-corrected chi connectivity index (χ2v) is 12.5. The van der Waals surface area contributed by atoms with E-state index < -0.39 is 11.0 Å². The molecule has 1 amide bonds. The molecule has 0 aliphatic carbocycles. The monoisotopic (exact) mass is 559 g/mol. The van der Waals surface area contributed by atoms with E-state index in [1.54, 1.807) is 19.3 Å². The standard InChI is InChI=1S/C32H41N5O4/c1-20(2)24-8-10-26(11-9-24)32(40-23(5)39,31(6)18-36(7)19-31)27-14-25(15-33-16-27)29-34-30(41-35-29)28-12-13-37(22(4)38)17-21(28)3/h8-11,14-16,20-21,28H,12-13,17-19H2,1-7H3/t21-,28+,32+/m1/s1. The third-order valence-electron chi connectivity index (χ3n) is 8.88. The zero-order valence-electron chi connectivity index (χ0n) is 25.2. The third-order valence-corrected chi connectivity index (χ3v) is 8.88. The second-order valence-electron chi connectivity index (χ2n) is 12.5. The molecule has 2 fully saturated rings. The van der Waals surface area contributed by atoms with E-state index in [2.05, 4.69) is 74.0 Å². The quantitative estimate of drug-likeness (QED) is 0.374. The number of aromatic nitrogens is 3. The maximum atomic E-state index is 12.8. The van der Waals surface area contributed by atoms with Gasteiger partial charge in [-0.25, -0.2) is 0 Å². The number of benzene rings is 1. The Morgan fingerprint density at radius 1 is 1.12 bits per heavy atom. The van der Waals surface area contributed by atoms with Crippen molar-refractivity contribution in [3.63, 3.8) is 0 Å². The van der Waals surface area contributed by atoms with E-state index in [4.69, 9.17) is 14.2 Å². The number of nitrogens with zero attached hydrogens (tertiary/aromatic N) is 5. The van der Waals surface area contributed by atoms with Crippen LogP contribution in [0.25, 0.3) is 11.4 Å². The zero-order valence-corrected chi connectivity index (χ0v) is 25.2. The molecule has 0 unspecified atom stereocenters. The van der Waals surface area contributed by atoms with Crippen LogP contribution in [0.3, 0.4) is 0 Å². The fourth-order valence-electron chi connectivity index (χ4n) is 6.85. The number of carbonyl (C=O) groups is 2. The summed E-state index contributed by atoms with van der Waals surface area (Å²) in [5, 5.41) is 4.32. The summed E-state index contributed by atoms with van der Waals surface area (Å²) in [4.78, 5) is 38.1. The van der Waals surface area contributed by atoms with Gasteiger partial charge in [-0.15, -0.1) is 0 Å². The number of rotatable bonds is 7. The van der Waals surface area contributed by atoms with Gasteiger partial charge in [-0.2, -0.15) is 4.98 Å². The van der Waals surface area contributed by atoms with Crippen molar-refractivity contribution in [3.8, 4) is 11.4 Å². The highest BCUT2D eigenvalue weighted by Crippen LogP contribution is 2.53. The minimum Gasteiger partial charge on any atom is -0.449 e. The SMILES string of the molecule is CC(=O)O[C@@](c1ccc(C(C)C)cc1)(c1cncc(-c2noc([C@H]3CCN(C(C)=O)C[C@H]3C)n2)c1)C1(C)CN(C)C1. The molecule has 9 heteroatoms. The summed E-state index contributed by atoms with van der Waals surface area (Å²) in [6, 6.07) is 10.4. The molecular weight excluding hydrogens is 518 g/mol. The number of pyridine rings is 1. The van der Waals surface area contributed by atoms with Crippen LogP contribution in [0.2, 0.25) is 0 Å². The van der Waals surface area contributed by atoms with Crippen molar-refractivity contribution >= 4 is 11.9 Å². The van der Waals surface area contributed by atoms with Gasteiger partial charge in [0.15, 0.2) is 5.60 Å². The Morgan fingerprint density at radius 3 is 2.41 bits per heavy atom. The maximum Gasteiger partial charge on any atom is 0.303 e. The highest BCUT2D eigenvalue weighted by Gasteiger charge is 2.59. The molecule has 3 aromatic rings. The number of ether oxygens (including phenoxy) is 1. The lowest BCUT2D eigenvalue weighted by atomic mass is 9.61. The molecule has 0 radical (unpaired) electrons. The topological polar surface area (TPSA) is 102 Å². The molecule has 0 N–H and O–H groups in total. The average Bonchev–Trinajstić information content (AvgIpc) is 3.41. The van der Waals surface area contributed by atoms with Crippen molar-refractivity contribution in [2.45, 2.75) is 65.4 Å². The van der Waals surface area contributed by atoms with Gasteiger partial charge >= 0.3 is 5.97 Å². The van der Waals surface area contributed by atoms with E-state index in [0.29, 0.717) is 36.3 Å². The Labute approximate surface area is 242 Å². The molecule has 4 heterocycles. The number of carbonyl (C=O) groups excluding carboxylic acids is 2. The van der Waals surface area contributed by atoms with E-state index in [0.717, 1.165) is 30.6 Å². The summed E-state index contributed by atoms with van der Waals surface area (Å²) in [5.74, 6) is 1.41. The summed E-state index contributed by atoms with van der Waals surface area (Å²) in [6.45, 7) is 14.5. The van der Waals surface area contributed by atoms with Gasteiger partial charge in [-0.3, -0.25) is 14.6 Å². The molecule has 2 aliphatic rings. The number of likely N-dealkylation sites (tertiary alicyclic amines) is 2. The van der Waals surface area contributed by atoms with Crippen LogP contribution in [0.5, 0.6) is 0 Å². The van der Waals surface area contributed by atoms with E-state index in [-0.39, 0.29) is 23.7 Å². The van der Waals surface area contributed by atoms with Crippen LogP contribution in [-0.4, -0.2) is 70.0 Å². The molecule has 0 spiro atoms. The molecule has 218 valence electrons. The number of amides is 1. The molecular formula is C32H41N5O4. The Balaban J connectivity index is 1.55. The van der Waals surface area contributed by atoms with Gasteiger partial charge in [-0.05, 0) is 36.9 Å². The molecule has 9 nitrogen and oxygen atoms in total. The lowest BCUT2D eigenvalue weighted by Crippen LogP contribution is -2.64. The van der Waals surface area contributed by atoms with Crippen LogP contribution in [0, 0.1) is 11.3 Å². The summed E-state index contributed by atoms with van der Waals surface area (Å²) < 4.78 is 12.2. The van der Waals surface area contributed by atoms with E-state index in [1.807, 2.05) is 11.0 Å². The second kappa shape index (κ2) is 11.0. The van der Waals surface area contributed by atoms with Crippen LogP contribution >= 0.6 is 0 Å². The molecule has 0 saturated carbocycles. The molecule has 2 aliphatic heterocycles. The van der Waals surface area contributed by atoms with Crippen LogP contribution in [0.1, 0.15) is 82.4 Å². The molecule has 1 aromatic carbocycles. The van der Waals surface area contributed by atoms with Crippen molar-refractivity contribution in [2.75, 3.05) is 33.2 Å². The first-order chi connectivity index (χ1) is 19.4. The third kappa shape index (κ3) is 5.27. The first-order valence-electron chi connectivity index (χ1n) is 14.5. The van der Waals surface area contributed by atoms with Crippen molar-refractivity contribution in [1.82, 2.24) is 24.9 Å². The first kappa shape index (κ1) is 28.9. The molecule has 3 atom stereocenters. The average molecular weight is 560 g/mol. The minimum absolute atomic E-state index is 0.0759. The van der Waals surface area contributed by atoms with Crippen molar-refractivity contribution in [1.29, 1.82) is 0 Å². The smallest absolute Gasteiger partial charge is 0.303 e. The van der Waals surface area contributed by atoms with Crippen LogP contribution in [0.15, 0.2) is 47.2 Å². The predicted octanol–water partition coefficient (Wildman–Crippen LogP) is 4.99. The molecule has 5 rings (SSSR count). The van der Waals surface area contributed by atoms with Crippen LogP contribution < -0.4 is 0 Å². The van der Waals surface area contributed by atoms with Crippen molar-refractivity contribution in [2.24, 2.45) is 11.3 Å². The van der Waals surface area contributed by atoms with Gasteiger partial charge in [0.2, 0.25) is 17.6 Å². The predicted molar refractivity (Wildman–Crippen MR) is 155 cm³/mol. The fourth-order valence-corrected chi connectivity index (χ4v) is 6.85. The maximum absolute atomic E-state index is 12.8. The van der Waals surface area contributed by atoms with E-state index in [1.165, 1.54) is 12.5 Å². The first-order valence-corrected chi connectivity index (χ1v) is 14.5. The Morgan fingerprint density at radius 2 is 1.83 bits per heavy atom. The largest absolute Gasteiger partial charge is 0.449 e. The lowest BCUT2D eigenvalue weighted by molar-refractivity contribution is -0.185. The number of esters is 1. The minimum atomic E-state index is -1.07. The lowest BCUT2D eigenvalue weighted by Gasteiger charge is -2.57. The summed E-state index contributed by atoms with van der Waals surface area (Å²) in [5.41, 5.74) is 2.13. The molecule has 0 bridgehead atoms. The van der Waals surface area contributed by atoms with Gasteiger partial charge in [0, 0.05) is 80.4 Å². The highest BCUT2D eigenvalue weighted by molar-refractivity contribution is 5.73. The number of hydrogen-bond acceptors (Lipinski definition) is 8. The fraction of sp³-hybridized carbons (Fsp3) is 0.531. The zero-order chi connectivity index (χ0) is 29.5. The highest BCUT2D eigenvalue weighted by atomic mass is 16.6. The van der Waals surface area contributed by atoms with Gasteiger partial charge in [0.05, 0.1) is 0 Å². The van der Waals surface area contributed by atoms with Gasteiger partial charge in [0.25, 0.3) is 0 Å². The van der Waals surface area contributed by atoms with Crippen LogP contribution in [-0.2, 0) is 19.9 Å².